The van der Waals surface area contributed by atoms with Gasteiger partial charge >= 0.3 is 0 Å². The van der Waals surface area contributed by atoms with E-state index in [2.05, 4.69) is 42.6 Å². The Hall–Kier alpha value is -2.08. The van der Waals surface area contributed by atoms with Crippen LogP contribution in [0.3, 0.4) is 0 Å². The zero-order chi connectivity index (χ0) is 18.2. The minimum absolute atomic E-state index is 0.159. The van der Waals surface area contributed by atoms with Gasteiger partial charge in [0.15, 0.2) is 0 Å². The molecule has 3 heterocycles. The van der Waals surface area contributed by atoms with Crippen molar-refractivity contribution in [1.29, 1.82) is 0 Å². The molecule has 0 aliphatic rings. The van der Waals surface area contributed by atoms with Crippen LogP contribution in [0.2, 0.25) is 0 Å². The maximum Gasteiger partial charge on any atom is 0.268 e. The van der Waals surface area contributed by atoms with Crippen LogP contribution in [0.1, 0.15) is 39.9 Å². The molecule has 0 saturated carbocycles. The first-order valence-electron chi connectivity index (χ1n) is 8.35. The standard InChI is InChI=1S/C19H22FN3OS/c1-11(9-19(2,3)4)7-16-22-14-8-15(25-17(14)18(24)23-16)12-5-6-21-10-13(12)20/h5-6,8,10-11H,7,9H2,1-4H3,(H,22,23,24)/t11-/m1/s1. The van der Waals surface area contributed by atoms with Crippen LogP contribution < -0.4 is 5.56 Å². The van der Waals surface area contributed by atoms with Crippen LogP contribution in [0, 0.1) is 17.2 Å². The van der Waals surface area contributed by atoms with Crippen LogP contribution in [0.4, 0.5) is 4.39 Å². The normalized spacial score (nSPS) is 13.3. The predicted octanol–water partition coefficient (Wildman–Crippen LogP) is 4.80. The van der Waals surface area contributed by atoms with E-state index in [1.54, 1.807) is 18.3 Å². The molecule has 0 aromatic carbocycles. The Morgan fingerprint density at radius 1 is 1.36 bits per heavy atom. The highest BCUT2D eigenvalue weighted by molar-refractivity contribution is 7.22. The van der Waals surface area contributed by atoms with Gasteiger partial charge < -0.3 is 4.98 Å². The first kappa shape index (κ1) is 17.7. The Morgan fingerprint density at radius 2 is 2.12 bits per heavy atom. The van der Waals surface area contributed by atoms with Crippen LogP contribution in [0.5, 0.6) is 0 Å². The van der Waals surface area contributed by atoms with Crippen molar-refractivity contribution in [3.8, 4) is 10.4 Å². The summed E-state index contributed by atoms with van der Waals surface area (Å²) in [6.45, 7) is 8.78. The summed E-state index contributed by atoms with van der Waals surface area (Å²) in [5, 5.41) is 0. The summed E-state index contributed by atoms with van der Waals surface area (Å²) in [6, 6.07) is 3.39. The van der Waals surface area contributed by atoms with Crippen LogP contribution in [-0.4, -0.2) is 15.0 Å². The van der Waals surface area contributed by atoms with E-state index in [1.165, 1.54) is 17.5 Å². The predicted molar refractivity (Wildman–Crippen MR) is 100 cm³/mol. The lowest BCUT2D eigenvalue weighted by Gasteiger charge is -2.22. The fraction of sp³-hybridized carbons (Fsp3) is 0.421. The highest BCUT2D eigenvalue weighted by Crippen LogP contribution is 2.32. The van der Waals surface area contributed by atoms with Crippen molar-refractivity contribution in [2.75, 3.05) is 0 Å². The molecule has 0 saturated heterocycles. The van der Waals surface area contributed by atoms with E-state index in [9.17, 15) is 9.18 Å². The minimum atomic E-state index is -0.399. The number of nitrogens with zero attached hydrogens (tertiary/aromatic N) is 2. The molecule has 1 N–H and O–H groups in total. The third kappa shape index (κ3) is 4.12. The maximum absolute atomic E-state index is 14.0. The van der Waals surface area contributed by atoms with Crippen LogP contribution >= 0.6 is 11.3 Å². The molecule has 1 atom stereocenters. The van der Waals surface area contributed by atoms with E-state index in [-0.39, 0.29) is 11.0 Å². The van der Waals surface area contributed by atoms with Gasteiger partial charge in [-0.1, -0.05) is 27.7 Å². The molecule has 0 aliphatic carbocycles. The topological polar surface area (TPSA) is 58.6 Å². The zero-order valence-corrected chi connectivity index (χ0v) is 15.7. The number of halogens is 1. The molecule has 4 nitrogen and oxygen atoms in total. The van der Waals surface area contributed by atoms with Crippen molar-refractivity contribution >= 4 is 21.6 Å². The van der Waals surface area contributed by atoms with E-state index in [1.807, 2.05) is 0 Å². The number of thiophene rings is 1. The third-order valence-corrected chi connectivity index (χ3v) is 5.13. The largest absolute Gasteiger partial charge is 0.309 e. The number of pyridine rings is 1. The number of fused-ring (bicyclic) bond motifs is 1. The summed E-state index contributed by atoms with van der Waals surface area (Å²) in [4.78, 5) is 24.3. The van der Waals surface area contributed by atoms with Crippen LogP contribution in [0.15, 0.2) is 29.3 Å². The van der Waals surface area contributed by atoms with Crippen molar-refractivity contribution < 1.29 is 4.39 Å². The average molecular weight is 359 g/mol. The second-order valence-electron chi connectivity index (χ2n) is 7.77. The summed E-state index contributed by atoms with van der Waals surface area (Å²) >= 11 is 1.25. The van der Waals surface area contributed by atoms with Crippen molar-refractivity contribution in [3.05, 3.63) is 46.5 Å². The number of hydrogen-bond donors (Lipinski definition) is 1. The van der Waals surface area contributed by atoms with Crippen molar-refractivity contribution in [1.82, 2.24) is 15.0 Å². The highest BCUT2D eigenvalue weighted by atomic mass is 32.1. The van der Waals surface area contributed by atoms with Crippen molar-refractivity contribution in [2.45, 2.75) is 40.5 Å². The third-order valence-electron chi connectivity index (χ3n) is 3.97. The Labute approximate surface area is 150 Å². The molecule has 25 heavy (non-hydrogen) atoms. The number of nitrogens with one attached hydrogen (secondary N) is 1. The molecule has 0 unspecified atom stereocenters. The number of H-pyrrole nitrogens is 1. The SMILES string of the molecule is C[C@H](Cc1nc2cc(-c3ccncc3F)sc2c(=O)[nH]1)CC(C)(C)C. The Morgan fingerprint density at radius 3 is 2.80 bits per heavy atom. The van der Waals surface area contributed by atoms with Gasteiger partial charge in [-0.05, 0) is 29.9 Å². The van der Waals surface area contributed by atoms with Gasteiger partial charge in [0.2, 0.25) is 0 Å². The first-order valence-corrected chi connectivity index (χ1v) is 9.17. The molecule has 0 bridgehead atoms. The molecular weight excluding hydrogens is 337 g/mol. The van der Waals surface area contributed by atoms with E-state index < -0.39 is 5.82 Å². The molecule has 0 radical (unpaired) electrons. The van der Waals surface area contributed by atoms with Gasteiger partial charge in [-0.25, -0.2) is 9.37 Å². The molecule has 3 aromatic rings. The molecule has 0 spiro atoms. The number of hydrogen-bond acceptors (Lipinski definition) is 4. The van der Waals surface area contributed by atoms with E-state index in [0.717, 1.165) is 12.8 Å². The van der Waals surface area contributed by atoms with E-state index in [4.69, 9.17) is 0 Å². The fourth-order valence-electron chi connectivity index (χ4n) is 3.24. The number of aromatic nitrogens is 3. The summed E-state index contributed by atoms with van der Waals surface area (Å²) in [5.74, 6) is 0.703. The van der Waals surface area contributed by atoms with Gasteiger partial charge in [0.1, 0.15) is 16.3 Å². The Bertz CT molecular complexity index is 955. The van der Waals surface area contributed by atoms with Gasteiger partial charge in [-0.15, -0.1) is 11.3 Å². The zero-order valence-electron chi connectivity index (χ0n) is 14.9. The number of rotatable bonds is 4. The van der Waals surface area contributed by atoms with Crippen LogP contribution in [-0.2, 0) is 6.42 Å². The molecule has 3 aromatic heterocycles. The second-order valence-corrected chi connectivity index (χ2v) is 8.82. The van der Waals surface area contributed by atoms with E-state index >= 15 is 0 Å². The summed E-state index contributed by atoms with van der Waals surface area (Å²) in [5.41, 5.74) is 1.14. The lowest BCUT2D eigenvalue weighted by Crippen LogP contribution is -2.16. The summed E-state index contributed by atoms with van der Waals surface area (Å²) in [7, 11) is 0. The average Bonchev–Trinajstić information content (AvgIpc) is 2.90. The molecule has 0 fully saturated rings. The molecule has 132 valence electrons. The fourth-order valence-corrected chi connectivity index (χ4v) is 4.26. The number of aromatic amines is 1. The lowest BCUT2D eigenvalue weighted by atomic mass is 9.84. The maximum atomic E-state index is 14.0. The van der Waals surface area contributed by atoms with Gasteiger partial charge in [0, 0.05) is 23.1 Å². The smallest absolute Gasteiger partial charge is 0.268 e. The minimum Gasteiger partial charge on any atom is -0.309 e. The van der Waals surface area contributed by atoms with Gasteiger partial charge in [-0.2, -0.15) is 0 Å². The monoisotopic (exact) mass is 359 g/mol. The Kier molecular flexibility index (Phi) is 4.73. The van der Waals surface area contributed by atoms with Crippen LogP contribution in [0.25, 0.3) is 20.7 Å². The second kappa shape index (κ2) is 6.67. The van der Waals surface area contributed by atoms with Crippen molar-refractivity contribution in [2.24, 2.45) is 11.3 Å². The molecule has 0 aliphatic heterocycles. The first-order chi connectivity index (χ1) is 11.7. The lowest BCUT2D eigenvalue weighted by molar-refractivity contribution is 0.303. The van der Waals surface area contributed by atoms with Gasteiger partial charge in [0.05, 0.1) is 11.7 Å². The van der Waals surface area contributed by atoms with Crippen molar-refractivity contribution in [3.63, 3.8) is 0 Å². The van der Waals surface area contributed by atoms with E-state index in [0.29, 0.717) is 32.4 Å². The summed E-state index contributed by atoms with van der Waals surface area (Å²) in [6.07, 6.45) is 4.49. The highest BCUT2D eigenvalue weighted by Gasteiger charge is 2.18. The Balaban J connectivity index is 1.95. The quantitative estimate of drug-likeness (QED) is 0.728. The molecule has 0 amide bonds. The van der Waals surface area contributed by atoms with Gasteiger partial charge in [0.25, 0.3) is 5.56 Å². The molecule has 6 heteroatoms. The molecular formula is C19H22FN3OS. The molecule has 3 rings (SSSR count). The van der Waals surface area contributed by atoms with Gasteiger partial charge in [-0.3, -0.25) is 9.78 Å². The summed E-state index contributed by atoms with van der Waals surface area (Å²) < 4.78 is 14.5.